The summed E-state index contributed by atoms with van der Waals surface area (Å²) in [5, 5.41) is 7.22. The summed E-state index contributed by atoms with van der Waals surface area (Å²) in [5.41, 5.74) is 14.5. The third kappa shape index (κ3) is 9.44. The number of aromatic nitrogens is 2. The first-order chi connectivity index (χ1) is 10.7. The van der Waals surface area contributed by atoms with Gasteiger partial charge < -0.3 is 31.7 Å². The van der Waals surface area contributed by atoms with E-state index in [0.29, 0.717) is 11.4 Å². The van der Waals surface area contributed by atoms with Crippen molar-refractivity contribution in [1.29, 1.82) is 0 Å². The zero-order chi connectivity index (χ0) is 16.2. The summed E-state index contributed by atoms with van der Waals surface area (Å²) in [6.07, 6.45) is 6.21. The maximum absolute atomic E-state index is 10.6. The Morgan fingerprint density at radius 3 is 1.35 bits per heavy atom. The van der Waals surface area contributed by atoms with Crippen LogP contribution in [-0.2, 0) is 30.0 Å². The Kier molecular flexibility index (Phi) is 11.2. The molecule has 0 aromatic carbocycles. The summed E-state index contributed by atoms with van der Waals surface area (Å²) in [4.78, 5) is 28.7. The van der Waals surface area contributed by atoms with Gasteiger partial charge in [0.1, 0.15) is 0 Å². The molecule has 0 aliphatic rings. The van der Waals surface area contributed by atoms with Crippen molar-refractivity contribution < 1.29 is 30.0 Å². The number of hydrogen-bond donors (Lipinski definition) is 0. The van der Waals surface area contributed by atoms with Crippen LogP contribution < -0.4 is 0 Å². The third-order valence-electron chi connectivity index (χ3n) is 2.14. The van der Waals surface area contributed by atoms with E-state index in [1.165, 1.54) is 0 Å². The van der Waals surface area contributed by atoms with E-state index in [2.05, 4.69) is 20.6 Å². The third-order valence-corrected chi connectivity index (χ3v) is 2.14. The molecule has 0 saturated carbocycles. The van der Waals surface area contributed by atoms with E-state index < -0.39 is 11.8 Å². The number of nitrogens with zero attached hydrogens (tertiary/aromatic N) is 4. The summed E-state index contributed by atoms with van der Waals surface area (Å²) in [5.74, 6) is -0.868. The van der Waals surface area contributed by atoms with Gasteiger partial charge in [-0.05, 0) is 0 Å². The van der Waals surface area contributed by atoms with E-state index in [1.807, 2.05) is 0 Å². The molecule has 0 fully saturated rings. The topological polar surface area (TPSA) is 136 Å². The molecule has 0 spiro atoms. The quantitative estimate of drug-likeness (QED) is 0.721. The second-order valence-corrected chi connectivity index (χ2v) is 3.78. The molecule has 0 saturated heterocycles. The van der Waals surface area contributed by atoms with Crippen molar-refractivity contribution >= 4 is 23.2 Å². The SMILES string of the molecule is [NH-]CC(=O)[N-]c1ccncc1.[NH-]CC(=O)[N-]c1ccncc1.[Pd]. The molecule has 0 atom stereocenters. The first-order valence-electron chi connectivity index (χ1n) is 6.24. The summed E-state index contributed by atoms with van der Waals surface area (Å²) < 4.78 is 0. The van der Waals surface area contributed by atoms with Gasteiger partial charge in [-0.15, -0.1) is 24.5 Å². The maximum Gasteiger partial charge on any atom is 0.0334 e. The Bertz CT molecular complexity index is 529. The Hall–Kier alpha value is -2.18. The summed E-state index contributed by atoms with van der Waals surface area (Å²) in [6.45, 7) is -0.607. The van der Waals surface area contributed by atoms with Crippen LogP contribution in [0.1, 0.15) is 0 Å². The smallest absolute Gasteiger partial charge is 0.0334 e. The minimum Gasteiger partial charge on any atom is -0.673 e. The van der Waals surface area contributed by atoms with E-state index in [9.17, 15) is 9.59 Å². The van der Waals surface area contributed by atoms with E-state index in [0.717, 1.165) is 0 Å². The van der Waals surface area contributed by atoms with Crippen molar-refractivity contribution in [2.24, 2.45) is 0 Å². The number of carbonyl (C=O) groups excluding carboxylic acids is 2. The predicted molar refractivity (Wildman–Crippen MR) is 82.9 cm³/mol. The zero-order valence-electron chi connectivity index (χ0n) is 12.0. The van der Waals surface area contributed by atoms with Crippen LogP contribution in [0.4, 0.5) is 11.4 Å². The standard InChI is InChI=1S/2C7H8N3O.Pd/c2*8-5-7(11)10-6-1-3-9-4-2-6;/h2*1-4,8H,5H2,(H,9,10,11);/q2*-1;/p-2. The largest absolute Gasteiger partial charge is 0.673 e. The summed E-state index contributed by atoms with van der Waals surface area (Å²) in [6, 6.07) is 6.47. The summed E-state index contributed by atoms with van der Waals surface area (Å²) >= 11 is 0. The van der Waals surface area contributed by atoms with Crippen LogP contribution in [0.15, 0.2) is 49.1 Å². The molecule has 2 heterocycles. The normalized spacial score (nSPS) is 8.78. The average Bonchev–Trinajstić information content (AvgIpc) is 2.57. The van der Waals surface area contributed by atoms with Gasteiger partial charge >= 0.3 is 0 Å². The second-order valence-electron chi connectivity index (χ2n) is 3.78. The Labute approximate surface area is 147 Å². The fraction of sp³-hybridized carbons (Fsp3) is 0.143. The van der Waals surface area contributed by atoms with Crippen molar-refractivity contribution in [2.45, 2.75) is 0 Å². The molecule has 2 aromatic rings. The fourth-order valence-electron chi connectivity index (χ4n) is 1.20. The van der Waals surface area contributed by atoms with Gasteiger partial charge in [0.05, 0.1) is 0 Å². The molecular weight excluding hydrogens is 391 g/mol. The van der Waals surface area contributed by atoms with Crippen LogP contribution in [0.3, 0.4) is 0 Å². The molecule has 2 N–H and O–H groups in total. The van der Waals surface area contributed by atoms with E-state index in [1.54, 1.807) is 49.1 Å². The van der Waals surface area contributed by atoms with Crippen LogP contribution in [0.2, 0.25) is 0 Å². The maximum atomic E-state index is 10.6. The Morgan fingerprint density at radius 1 is 0.783 bits per heavy atom. The van der Waals surface area contributed by atoms with Gasteiger partial charge in [0.15, 0.2) is 0 Å². The molecule has 2 aromatic heterocycles. The van der Waals surface area contributed by atoms with Crippen LogP contribution in [0.25, 0.3) is 22.1 Å². The fourth-order valence-corrected chi connectivity index (χ4v) is 1.20. The number of rotatable bonds is 4. The number of carbonyl (C=O) groups is 2. The van der Waals surface area contributed by atoms with Crippen molar-refractivity contribution in [1.82, 2.24) is 9.97 Å². The van der Waals surface area contributed by atoms with Crippen LogP contribution >= 0.6 is 0 Å². The van der Waals surface area contributed by atoms with Crippen molar-refractivity contribution in [3.8, 4) is 0 Å². The van der Waals surface area contributed by atoms with Gasteiger partial charge in [0.2, 0.25) is 0 Å². The van der Waals surface area contributed by atoms with Crippen molar-refractivity contribution in [2.75, 3.05) is 13.1 Å². The number of pyridine rings is 2. The molecule has 23 heavy (non-hydrogen) atoms. The molecule has 0 radical (unpaired) electrons. The van der Waals surface area contributed by atoms with Gasteiger partial charge in [-0.3, -0.25) is 9.97 Å². The molecule has 2 amide bonds. The van der Waals surface area contributed by atoms with Gasteiger partial charge in [-0.25, -0.2) is 0 Å². The minimum absolute atomic E-state index is 0. The zero-order valence-corrected chi connectivity index (χ0v) is 13.5. The predicted octanol–water partition coefficient (Wildman–Crippen LogP) is 3.33. The van der Waals surface area contributed by atoms with E-state index in [4.69, 9.17) is 11.5 Å². The molecule has 9 heteroatoms. The Balaban J connectivity index is 0.000000403. The number of hydrogen-bond acceptors (Lipinski definition) is 4. The first-order valence-corrected chi connectivity index (χ1v) is 6.24. The van der Waals surface area contributed by atoms with Crippen LogP contribution in [0.5, 0.6) is 0 Å². The molecule has 8 nitrogen and oxygen atoms in total. The molecule has 126 valence electrons. The summed E-state index contributed by atoms with van der Waals surface area (Å²) in [7, 11) is 0. The van der Waals surface area contributed by atoms with Crippen LogP contribution in [-0.4, -0.2) is 34.9 Å². The molecule has 0 aliphatic carbocycles. The number of amides is 2. The first kappa shape index (κ1) is 20.8. The van der Waals surface area contributed by atoms with Gasteiger partial charge in [0.25, 0.3) is 0 Å². The van der Waals surface area contributed by atoms with E-state index >= 15 is 0 Å². The number of nitrogens with one attached hydrogen (secondary N) is 2. The average molecular weight is 405 g/mol. The second kappa shape index (κ2) is 12.4. The monoisotopic (exact) mass is 404 g/mol. The Morgan fingerprint density at radius 2 is 1.09 bits per heavy atom. The van der Waals surface area contributed by atoms with Gasteiger partial charge in [-0.1, -0.05) is 24.3 Å². The molecule has 0 unspecified atom stereocenters. The molecular formula is C14H14N6O2Pd-4. The molecule has 2 rings (SSSR count). The molecule has 0 aliphatic heterocycles. The van der Waals surface area contributed by atoms with E-state index in [-0.39, 0.29) is 33.5 Å². The minimum atomic E-state index is -0.434. The van der Waals surface area contributed by atoms with Crippen molar-refractivity contribution in [3.05, 3.63) is 71.2 Å². The van der Waals surface area contributed by atoms with Gasteiger partial charge in [-0.2, -0.15) is 0 Å². The van der Waals surface area contributed by atoms with Crippen LogP contribution in [0, 0.1) is 0 Å². The van der Waals surface area contributed by atoms with Crippen molar-refractivity contribution in [3.63, 3.8) is 0 Å². The molecule has 0 bridgehead atoms. The van der Waals surface area contributed by atoms with Gasteiger partial charge in [0, 0.05) is 57.0 Å².